The number of fused-ring (bicyclic) bond motifs is 1. The van der Waals surface area contributed by atoms with Crippen molar-refractivity contribution >= 4 is 87.1 Å². The number of Topliss-reactive ketones (excluding diaryl/α,β-unsaturated/α-hetero) is 5. The fraction of sp³-hybridized carbons (Fsp3) is 0.426. The number of benzene rings is 4. The Morgan fingerprint density at radius 3 is 1.56 bits per heavy atom. The number of amides is 7. The number of para-hydroxylation sites is 1. The van der Waals surface area contributed by atoms with Gasteiger partial charge >= 0.3 is 0 Å². The van der Waals surface area contributed by atoms with Crippen LogP contribution in [-0.2, 0) is 83.2 Å². The molecule has 7 amide bonds. The van der Waals surface area contributed by atoms with Crippen molar-refractivity contribution in [3.63, 3.8) is 0 Å². The first-order valence-electron chi connectivity index (χ1n) is 31.3. The molecule has 27 heteroatoms. The van der Waals surface area contributed by atoms with Crippen LogP contribution in [0.3, 0.4) is 0 Å². The van der Waals surface area contributed by atoms with Gasteiger partial charge in [-0.3, -0.25) is 62.5 Å². The van der Waals surface area contributed by atoms with E-state index in [-0.39, 0.29) is 81.3 Å². The summed E-state index contributed by atoms with van der Waals surface area (Å²) >= 11 is 0. The van der Waals surface area contributed by atoms with E-state index in [0.717, 1.165) is 0 Å². The number of nitrogens with two attached hydrogens (primary N) is 6. The van der Waals surface area contributed by atoms with Gasteiger partial charge in [-0.15, -0.1) is 0 Å². The third-order valence-corrected chi connectivity index (χ3v) is 16.2. The normalized spacial score (nSPS) is 14.1. The second-order valence-electron chi connectivity index (χ2n) is 24.4. The van der Waals surface area contributed by atoms with E-state index in [9.17, 15) is 72.9 Å². The molecule has 0 aliphatic rings. The Balaban J connectivity index is 1.30. The highest BCUT2D eigenvalue weighted by Gasteiger charge is 2.36. The maximum atomic E-state index is 14.6. The maximum absolute atomic E-state index is 14.6. The summed E-state index contributed by atoms with van der Waals surface area (Å²) in [4.78, 5) is 172. The fourth-order valence-electron chi connectivity index (χ4n) is 11.1. The van der Waals surface area contributed by atoms with E-state index in [1.54, 1.807) is 85.1 Å². The van der Waals surface area contributed by atoms with Crippen LogP contribution in [0, 0.1) is 35.5 Å². The Bertz CT molecular complexity index is 3520. The van der Waals surface area contributed by atoms with Gasteiger partial charge in [-0.2, -0.15) is 0 Å². The molecule has 27 nitrogen and oxygen atoms in total. The molecular weight excluding hydrogens is 1220 g/mol. The Morgan fingerprint density at radius 2 is 0.989 bits per heavy atom. The van der Waals surface area contributed by atoms with E-state index < -0.39 is 176 Å². The van der Waals surface area contributed by atoms with E-state index in [1.807, 2.05) is 13.8 Å². The molecule has 0 radical (unpaired) electrons. The van der Waals surface area contributed by atoms with Crippen LogP contribution in [0.1, 0.15) is 100 Å². The molecule has 1 aromatic heterocycles. The zero-order chi connectivity index (χ0) is 69.9. The lowest BCUT2D eigenvalue weighted by Crippen LogP contribution is -2.50. The second kappa shape index (κ2) is 37.5. The van der Waals surface area contributed by atoms with Crippen LogP contribution in [0.4, 0.5) is 0 Å². The second-order valence-corrected chi connectivity index (χ2v) is 24.4. The molecule has 0 unspecified atom stereocenters. The number of hydrogen-bond acceptors (Lipinski definition) is 17. The number of nitrogens with one attached hydrogen (secondary N) is 5. The molecule has 0 saturated carbocycles. The number of aliphatic hydroxyl groups excluding tert-OH is 1. The monoisotopic (exact) mass is 1310 g/mol. The van der Waals surface area contributed by atoms with Crippen molar-refractivity contribution in [2.75, 3.05) is 19.7 Å². The predicted molar refractivity (Wildman–Crippen MR) is 351 cm³/mol. The molecular formula is C68H88N12O15. The molecule has 95 heavy (non-hydrogen) atoms. The van der Waals surface area contributed by atoms with E-state index in [4.69, 9.17) is 34.4 Å². The number of aliphatic hydroxyl groups is 1. The van der Waals surface area contributed by atoms with Gasteiger partial charge in [0.1, 0.15) is 17.5 Å². The molecule has 0 aliphatic heterocycles. The molecule has 0 spiro atoms. The predicted octanol–water partition coefficient (Wildman–Crippen LogP) is 0.953. The van der Waals surface area contributed by atoms with Gasteiger partial charge in [0.25, 0.3) is 0 Å². The van der Waals surface area contributed by atoms with Crippen LogP contribution in [0.5, 0.6) is 11.5 Å². The number of aliphatic imine (C=N–C) groups is 1. The molecule has 9 atom stereocenters. The summed E-state index contributed by atoms with van der Waals surface area (Å²) in [5, 5.41) is 41.1. The van der Waals surface area contributed by atoms with Crippen LogP contribution < -0.4 is 55.7 Å². The standard InChI is InChI=1S/C68H88N12O15/c1-38(2)23-43(65(93)78-54(13-8-22-75-68(73)74)58(86)29-42(63(72)91)24-40-14-18-48(82)19-15-40)27-50(84)36-77-64(92)44(25-39-9-4-3-5-10-39)31-60(88)56(37-81)80-67(95)46(34-62(71)90)32-59(87)55(28-47-35-76-53-12-7-6-11-51(47)53)79-66(94)45(33-61(70)89)30-57(85)52(69)26-41-16-20-49(83)21-17-41/h3-7,9-12,14-21,35,38,42-46,52,54-56,76,81-83H,8,13,22-34,36-37,69H2,1-2H3,(H2,70,89)(H2,71,90)(H2,72,91)(H,77,92)(H,78,93)(H,79,94)(H,80,95)(H4,73,74,75)/t42-,43-,44-,45+,46+,52+,54+,55+,56+/m1/s1. The zero-order valence-electron chi connectivity index (χ0n) is 53.3. The van der Waals surface area contributed by atoms with Crippen molar-refractivity contribution in [1.82, 2.24) is 26.3 Å². The molecule has 1 heterocycles. The van der Waals surface area contributed by atoms with E-state index in [2.05, 4.69) is 31.2 Å². The maximum Gasteiger partial charge on any atom is 0.224 e. The van der Waals surface area contributed by atoms with Gasteiger partial charge in [-0.1, -0.05) is 86.6 Å². The highest BCUT2D eigenvalue weighted by molar-refractivity contribution is 6.00. The number of H-pyrrole nitrogens is 1. The molecule has 4 aromatic carbocycles. The Morgan fingerprint density at radius 1 is 0.505 bits per heavy atom. The third-order valence-electron chi connectivity index (χ3n) is 16.2. The number of aromatic hydroxyl groups is 2. The largest absolute Gasteiger partial charge is 0.508 e. The summed E-state index contributed by atoms with van der Waals surface area (Å²) in [7, 11) is 0. The Kier molecular flexibility index (Phi) is 29.8. The zero-order valence-corrected chi connectivity index (χ0v) is 53.3. The van der Waals surface area contributed by atoms with Crippen LogP contribution >= 0.6 is 0 Å². The molecule has 20 N–H and O–H groups in total. The van der Waals surface area contributed by atoms with Gasteiger partial charge in [0.05, 0.1) is 43.1 Å². The minimum atomic E-state index is -1.73. The van der Waals surface area contributed by atoms with Gasteiger partial charge in [-0.25, -0.2) is 0 Å². The van der Waals surface area contributed by atoms with Crippen LogP contribution in [0.25, 0.3) is 10.9 Å². The molecule has 0 bridgehead atoms. The third kappa shape index (κ3) is 25.7. The number of phenolic OH excluding ortho intramolecular Hbond substituents is 2. The van der Waals surface area contributed by atoms with Gasteiger partial charge in [0.2, 0.25) is 41.4 Å². The number of guanidine groups is 1. The van der Waals surface area contributed by atoms with Crippen molar-refractivity contribution in [1.29, 1.82) is 0 Å². The highest BCUT2D eigenvalue weighted by Crippen LogP contribution is 2.25. The van der Waals surface area contributed by atoms with E-state index in [1.165, 1.54) is 24.3 Å². The number of hydrogen-bond donors (Lipinski definition) is 14. The van der Waals surface area contributed by atoms with Crippen LogP contribution in [0.15, 0.2) is 114 Å². The molecule has 0 saturated heterocycles. The number of carbonyl (C=O) groups excluding carboxylic acids is 12. The Hall–Kier alpha value is -10.2. The first kappa shape index (κ1) is 75.6. The molecule has 0 fully saturated rings. The lowest BCUT2D eigenvalue weighted by Gasteiger charge is -2.25. The average Bonchev–Trinajstić information content (AvgIpc) is 1.74. The fourth-order valence-corrected chi connectivity index (χ4v) is 11.1. The van der Waals surface area contributed by atoms with Crippen molar-refractivity contribution in [2.24, 2.45) is 74.9 Å². The van der Waals surface area contributed by atoms with Gasteiger partial charge in [-0.05, 0) is 97.0 Å². The van der Waals surface area contributed by atoms with Crippen molar-refractivity contribution in [3.05, 3.63) is 132 Å². The summed E-state index contributed by atoms with van der Waals surface area (Å²) in [6.07, 6.45) is -2.26. The topological polar surface area (TPSA) is 498 Å². The summed E-state index contributed by atoms with van der Waals surface area (Å²) < 4.78 is 0. The number of ketones is 5. The van der Waals surface area contributed by atoms with Gasteiger partial charge in [0, 0.05) is 92.8 Å². The van der Waals surface area contributed by atoms with Crippen LogP contribution in [-0.4, -0.2) is 140 Å². The highest BCUT2D eigenvalue weighted by atomic mass is 16.3. The minimum absolute atomic E-state index is 0.00301. The van der Waals surface area contributed by atoms with Crippen molar-refractivity contribution < 1.29 is 72.9 Å². The smallest absolute Gasteiger partial charge is 0.224 e. The summed E-state index contributed by atoms with van der Waals surface area (Å²) in [5.74, 6) is -16.2. The lowest BCUT2D eigenvalue weighted by atomic mass is 9.88. The summed E-state index contributed by atoms with van der Waals surface area (Å²) in [6.45, 7) is 2.12. The number of nitrogens with zero attached hydrogens (tertiary/aromatic N) is 1. The van der Waals surface area contributed by atoms with E-state index >= 15 is 0 Å². The number of aromatic amines is 1. The number of phenols is 2. The Labute approximate surface area is 549 Å². The van der Waals surface area contributed by atoms with Crippen LogP contribution in [0.2, 0.25) is 0 Å². The molecule has 5 rings (SSSR count). The molecule has 5 aromatic rings. The van der Waals surface area contributed by atoms with E-state index in [0.29, 0.717) is 33.2 Å². The SMILES string of the molecule is CC(C)C[C@H](CC(=O)CNC(=O)[C@@H](CC(=O)[C@H](CO)NC(=O)[C@H](CC(N)=O)CC(=O)[C@H](Cc1c[nH]c2ccccc12)NC(=O)[C@H](CC(N)=O)CC(=O)[C@@H](N)Cc1ccc(O)cc1)Cc1ccccc1)C(=O)N[C@@H](CCCN=C(N)N)C(=O)C[C@@H](Cc1ccc(O)cc1)C(N)=O. The first-order valence-corrected chi connectivity index (χ1v) is 31.3. The average molecular weight is 1310 g/mol. The number of carbonyl (C=O) groups is 12. The number of aromatic nitrogens is 1. The quantitative estimate of drug-likeness (QED) is 0.0147. The number of rotatable bonds is 43. The molecule has 0 aliphatic carbocycles. The molecule has 510 valence electrons. The van der Waals surface area contributed by atoms with Gasteiger partial charge < -0.3 is 76.0 Å². The summed E-state index contributed by atoms with van der Waals surface area (Å²) in [5.41, 5.74) is 37.1. The minimum Gasteiger partial charge on any atom is -0.508 e. The lowest BCUT2D eigenvalue weighted by molar-refractivity contribution is -0.137. The van der Waals surface area contributed by atoms with Gasteiger partial charge in [0.15, 0.2) is 34.9 Å². The first-order chi connectivity index (χ1) is 45.1. The summed E-state index contributed by atoms with van der Waals surface area (Å²) in [6, 6.07) is 21.9. The van der Waals surface area contributed by atoms with Crippen molar-refractivity contribution in [2.45, 2.75) is 128 Å². The van der Waals surface area contributed by atoms with Crippen molar-refractivity contribution in [3.8, 4) is 11.5 Å². The number of primary amides is 3.